The lowest BCUT2D eigenvalue weighted by atomic mass is 9.86. The van der Waals surface area contributed by atoms with E-state index in [-0.39, 0.29) is 5.91 Å². The van der Waals surface area contributed by atoms with E-state index in [1.54, 1.807) is 18.2 Å². The lowest BCUT2D eigenvalue weighted by Gasteiger charge is -2.30. The second kappa shape index (κ2) is 7.56. The molecule has 0 unspecified atom stereocenters. The fourth-order valence-corrected chi connectivity index (χ4v) is 3.39. The van der Waals surface area contributed by atoms with Crippen molar-refractivity contribution in [3.8, 4) is 0 Å². The highest BCUT2D eigenvalue weighted by Gasteiger charge is 2.22. The largest absolute Gasteiger partial charge is 0.359 e. The van der Waals surface area contributed by atoms with Gasteiger partial charge in [0.05, 0.1) is 10.6 Å². The Morgan fingerprint density at radius 3 is 2.81 bits per heavy atom. The molecule has 0 aliphatic heterocycles. The molecule has 21 heavy (non-hydrogen) atoms. The van der Waals surface area contributed by atoms with Crippen LogP contribution in [-0.2, 0) is 0 Å². The molecular weight excluding hydrogens is 372 g/mol. The van der Waals surface area contributed by atoms with Gasteiger partial charge in [0.1, 0.15) is 0 Å². The molecule has 2 atom stereocenters. The molecule has 0 heterocycles. The first-order valence-corrected chi connectivity index (χ1v) is 8.62. The van der Waals surface area contributed by atoms with Crippen LogP contribution in [-0.4, -0.2) is 17.1 Å². The standard InChI is InChI=1S/C15H18BrClN2OS/c1-9-4-2-3-5-13(9)18-15(21)19-14(20)11-8-10(16)6-7-12(11)17/h6-9,13H,2-5H2,1H3,(H2,18,19,20,21)/t9-,13+/m1/s1. The molecule has 1 aromatic carbocycles. The minimum Gasteiger partial charge on any atom is -0.359 e. The number of carbonyl (C=O) groups excluding carboxylic acids is 1. The molecule has 1 saturated carbocycles. The summed E-state index contributed by atoms with van der Waals surface area (Å²) in [6.45, 7) is 2.21. The summed E-state index contributed by atoms with van der Waals surface area (Å²) in [6.07, 6.45) is 4.77. The highest BCUT2D eigenvalue weighted by atomic mass is 79.9. The number of carbonyl (C=O) groups is 1. The molecule has 0 aromatic heterocycles. The maximum absolute atomic E-state index is 12.2. The molecule has 1 aliphatic rings. The van der Waals surface area contributed by atoms with Gasteiger partial charge in [0.2, 0.25) is 0 Å². The minimum atomic E-state index is -0.290. The van der Waals surface area contributed by atoms with E-state index in [9.17, 15) is 4.79 Å². The quantitative estimate of drug-likeness (QED) is 0.742. The third-order valence-corrected chi connectivity index (χ3v) is 4.87. The number of hydrogen-bond donors (Lipinski definition) is 2. The van der Waals surface area contributed by atoms with Crippen LogP contribution in [0.1, 0.15) is 43.0 Å². The molecule has 2 rings (SSSR count). The van der Waals surface area contributed by atoms with Gasteiger partial charge in [0.15, 0.2) is 5.11 Å². The normalized spacial score (nSPS) is 21.7. The van der Waals surface area contributed by atoms with Crippen LogP contribution in [0.2, 0.25) is 5.02 Å². The number of benzene rings is 1. The summed E-state index contributed by atoms with van der Waals surface area (Å²) in [4.78, 5) is 12.2. The molecule has 0 saturated heterocycles. The number of hydrogen-bond acceptors (Lipinski definition) is 2. The predicted molar refractivity (Wildman–Crippen MR) is 93.8 cm³/mol. The van der Waals surface area contributed by atoms with Crippen molar-refractivity contribution < 1.29 is 4.79 Å². The lowest BCUT2D eigenvalue weighted by Crippen LogP contribution is -2.47. The topological polar surface area (TPSA) is 41.1 Å². The fourth-order valence-electron chi connectivity index (χ4n) is 2.58. The summed E-state index contributed by atoms with van der Waals surface area (Å²) in [5.74, 6) is 0.283. The van der Waals surface area contributed by atoms with Crippen molar-refractivity contribution in [1.82, 2.24) is 10.6 Å². The zero-order valence-corrected chi connectivity index (χ0v) is 14.9. The number of amides is 1. The molecule has 1 amide bonds. The zero-order chi connectivity index (χ0) is 15.4. The summed E-state index contributed by atoms with van der Waals surface area (Å²) in [5.41, 5.74) is 0.409. The van der Waals surface area contributed by atoms with Crippen molar-refractivity contribution >= 4 is 50.8 Å². The smallest absolute Gasteiger partial charge is 0.258 e. The average Bonchev–Trinajstić information content (AvgIpc) is 2.44. The Labute approximate surface area is 144 Å². The SMILES string of the molecule is C[C@@H]1CCCC[C@@H]1NC(=S)NC(=O)c1cc(Br)ccc1Cl. The van der Waals surface area contributed by atoms with Crippen LogP contribution in [0.25, 0.3) is 0 Å². The summed E-state index contributed by atoms with van der Waals surface area (Å²) < 4.78 is 0.803. The predicted octanol–water partition coefficient (Wildman–Crippen LogP) is 4.29. The maximum Gasteiger partial charge on any atom is 0.258 e. The van der Waals surface area contributed by atoms with E-state index in [0.29, 0.717) is 27.7 Å². The Kier molecular flexibility index (Phi) is 6.02. The van der Waals surface area contributed by atoms with E-state index in [4.69, 9.17) is 23.8 Å². The second-order valence-electron chi connectivity index (χ2n) is 5.42. The highest BCUT2D eigenvalue weighted by molar-refractivity contribution is 9.10. The van der Waals surface area contributed by atoms with Gasteiger partial charge in [-0.3, -0.25) is 10.1 Å². The van der Waals surface area contributed by atoms with Gasteiger partial charge in [-0.1, -0.05) is 47.3 Å². The van der Waals surface area contributed by atoms with Gasteiger partial charge in [-0.2, -0.15) is 0 Å². The van der Waals surface area contributed by atoms with Crippen molar-refractivity contribution in [2.24, 2.45) is 5.92 Å². The molecule has 0 spiro atoms. The first-order chi connectivity index (χ1) is 9.97. The van der Waals surface area contributed by atoms with Crippen LogP contribution in [0.5, 0.6) is 0 Å². The molecule has 2 N–H and O–H groups in total. The van der Waals surface area contributed by atoms with E-state index in [1.165, 1.54) is 19.3 Å². The van der Waals surface area contributed by atoms with Crippen molar-refractivity contribution in [2.45, 2.75) is 38.6 Å². The van der Waals surface area contributed by atoms with Crippen molar-refractivity contribution in [2.75, 3.05) is 0 Å². The van der Waals surface area contributed by atoms with E-state index in [1.807, 2.05) is 0 Å². The third-order valence-electron chi connectivity index (χ3n) is 3.83. The highest BCUT2D eigenvalue weighted by Crippen LogP contribution is 2.24. The van der Waals surface area contributed by atoms with Crippen LogP contribution in [0.4, 0.5) is 0 Å². The monoisotopic (exact) mass is 388 g/mol. The Balaban J connectivity index is 1.95. The maximum atomic E-state index is 12.2. The van der Waals surface area contributed by atoms with E-state index < -0.39 is 0 Å². The van der Waals surface area contributed by atoms with E-state index in [2.05, 4.69) is 33.5 Å². The van der Waals surface area contributed by atoms with E-state index in [0.717, 1.165) is 10.9 Å². The van der Waals surface area contributed by atoms with Gasteiger partial charge in [-0.25, -0.2) is 0 Å². The zero-order valence-electron chi connectivity index (χ0n) is 11.8. The summed E-state index contributed by atoms with van der Waals surface area (Å²) in [5, 5.41) is 6.73. The summed E-state index contributed by atoms with van der Waals surface area (Å²) in [6, 6.07) is 5.49. The number of nitrogens with one attached hydrogen (secondary N) is 2. The van der Waals surface area contributed by atoms with Gasteiger partial charge in [0, 0.05) is 10.5 Å². The first kappa shape index (κ1) is 16.7. The molecular formula is C15H18BrClN2OS. The molecule has 3 nitrogen and oxygen atoms in total. The fraction of sp³-hybridized carbons (Fsp3) is 0.467. The van der Waals surface area contributed by atoms with Crippen molar-refractivity contribution in [1.29, 1.82) is 0 Å². The van der Waals surface area contributed by atoms with E-state index >= 15 is 0 Å². The molecule has 1 aromatic rings. The Morgan fingerprint density at radius 1 is 1.38 bits per heavy atom. The molecule has 0 radical (unpaired) electrons. The van der Waals surface area contributed by atoms with Crippen molar-refractivity contribution in [3.63, 3.8) is 0 Å². The average molecular weight is 390 g/mol. The van der Waals surface area contributed by atoms with Crippen LogP contribution in [0.15, 0.2) is 22.7 Å². The minimum absolute atomic E-state index is 0.290. The van der Waals surface area contributed by atoms with Gasteiger partial charge in [-0.15, -0.1) is 0 Å². The van der Waals surface area contributed by atoms with Crippen LogP contribution < -0.4 is 10.6 Å². The van der Waals surface area contributed by atoms with Gasteiger partial charge in [0.25, 0.3) is 5.91 Å². The number of rotatable bonds is 2. The summed E-state index contributed by atoms with van der Waals surface area (Å²) in [7, 11) is 0. The first-order valence-electron chi connectivity index (χ1n) is 7.04. The van der Waals surface area contributed by atoms with Crippen molar-refractivity contribution in [3.05, 3.63) is 33.3 Å². The van der Waals surface area contributed by atoms with Crippen LogP contribution >= 0.6 is 39.7 Å². The number of thiocarbonyl (C=S) groups is 1. The lowest BCUT2D eigenvalue weighted by molar-refractivity contribution is 0.0976. The molecule has 1 fully saturated rings. The summed E-state index contributed by atoms with van der Waals surface area (Å²) >= 11 is 14.6. The second-order valence-corrected chi connectivity index (χ2v) is 7.15. The Morgan fingerprint density at radius 2 is 2.10 bits per heavy atom. The molecule has 1 aliphatic carbocycles. The molecule has 114 valence electrons. The number of halogens is 2. The molecule has 6 heteroatoms. The van der Waals surface area contributed by atoms with Gasteiger partial charge in [-0.05, 0) is 49.2 Å². The van der Waals surface area contributed by atoms with Gasteiger partial charge < -0.3 is 5.32 Å². The Bertz CT molecular complexity index is 552. The van der Waals surface area contributed by atoms with Gasteiger partial charge >= 0.3 is 0 Å². The third kappa shape index (κ3) is 4.66. The van der Waals surface area contributed by atoms with Crippen LogP contribution in [0, 0.1) is 5.92 Å². The molecule has 0 bridgehead atoms. The van der Waals surface area contributed by atoms with Crippen LogP contribution in [0.3, 0.4) is 0 Å². The Hall–Kier alpha value is -0.650.